The number of nitrogens with one attached hydrogen (secondary N) is 1. The van der Waals surface area contributed by atoms with E-state index in [0.717, 1.165) is 5.56 Å². The summed E-state index contributed by atoms with van der Waals surface area (Å²) in [5.41, 5.74) is 2.97. The molecule has 7 heteroatoms. The molecule has 4 rings (SSSR count). The highest BCUT2D eigenvalue weighted by Gasteiger charge is 2.27. The second-order valence-corrected chi connectivity index (χ2v) is 5.82. The van der Waals surface area contributed by atoms with Crippen LogP contribution in [-0.4, -0.2) is 30.6 Å². The summed E-state index contributed by atoms with van der Waals surface area (Å²) in [6.45, 7) is 0. The van der Waals surface area contributed by atoms with E-state index in [-0.39, 0.29) is 6.42 Å². The highest BCUT2D eigenvalue weighted by atomic mass is 16.4. The summed E-state index contributed by atoms with van der Waals surface area (Å²) in [7, 11) is 0. The standard InChI is InChI=1S/C19H16N4O3/c24-19(25)16(9-14-7-4-8-26-14)23-12-22-17(13-5-2-1-3-6-13)18(23)15-10-20-11-21-15/h1-8,10-12,16H,9H2,(H,20,21)(H,24,25)/t16-/m0/s1. The minimum absolute atomic E-state index is 0.216. The molecule has 2 N–H and O–H groups in total. The van der Waals surface area contributed by atoms with Gasteiger partial charge < -0.3 is 19.1 Å². The lowest BCUT2D eigenvalue weighted by molar-refractivity contribution is -0.140. The van der Waals surface area contributed by atoms with E-state index >= 15 is 0 Å². The van der Waals surface area contributed by atoms with Crippen molar-refractivity contribution in [1.29, 1.82) is 0 Å². The Balaban J connectivity index is 1.85. The fourth-order valence-corrected chi connectivity index (χ4v) is 2.98. The van der Waals surface area contributed by atoms with Crippen molar-refractivity contribution in [3.8, 4) is 22.6 Å². The number of rotatable bonds is 6. The highest BCUT2D eigenvalue weighted by molar-refractivity contribution is 5.79. The Labute approximate surface area is 149 Å². The molecule has 130 valence electrons. The van der Waals surface area contributed by atoms with E-state index in [1.807, 2.05) is 30.3 Å². The van der Waals surface area contributed by atoms with Crippen LogP contribution in [0.25, 0.3) is 22.6 Å². The smallest absolute Gasteiger partial charge is 0.327 e. The van der Waals surface area contributed by atoms with Gasteiger partial charge in [-0.15, -0.1) is 0 Å². The van der Waals surface area contributed by atoms with Crippen molar-refractivity contribution in [2.24, 2.45) is 0 Å². The summed E-state index contributed by atoms with van der Waals surface area (Å²) in [6.07, 6.45) is 6.52. The summed E-state index contributed by atoms with van der Waals surface area (Å²) in [4.78, 5) is 23.6. The molecule has 26 heavy (non-hydrogen) atoms. The number of imidazole rings is 2. The zero-order valence-corrected chi connectivity index (χ0v) is 13.7. The minimum Gasteiger partial charge on any atom is -0.480 e. The van der Waals surface area contributed by atoms with Crippen LogP contribution in [0, 0.1) is 0 Å². The highest BCUT2D eigenvalue weighted by Crippen LogP contribution is 2.33. The van der Waals surface area contributed by atoms with Gasteiger partial charge >= 0.3 is 5.97 Å². The van der Waals surface area contributed by atoms with Crippen molar-refractivity contribution in [3.63, 3.8) is 0 Å². The Morgan fingerprint density at radius 3 is 2.73 bits per heavy atom. The largest absolute Gasteiger partial charge is 0.480 e. The Kier molecular flexibility index (Phi) is 4.10. The van der Waals surface area contributed by atoms with Crippen LogP contribution < -0.4 is 0 Å². The number of hydrogen-bond donors (Lipinski definition) is 2. The molecule has 0 amide bonds. The topological polar surface area (TPSA) is 96.9 Å². The number of aromatic nitrogens is 4. The van der Waals surface area contributed by atoms with Gasteiger partial charge in [-0.3, -0.25) is 0 Å². The normalized spacial score (nSPS) is 12.2. The number of hydrogen-bond acceptors (Lipinski definition) is 4. The molecule has 0 saturated carbocycles. The molecule has 0 aliphatic rings. The Hall–Kier alpha value is -3.61. The number of carbonyl (C=O) groups is 1. The molecule has 1 aromatic carbocycles. The maximum atomic E-state index is 12.0. The predicted octanol–water partition coefficient (Wildman–Crippen LogP) is 3.40. The first-order chi connectivity index (χ1) is 12.7. The number of carboxylic acids is 1. The average Bonchev–Trinajstić information content (AvgIpc) is 3.40. The van der Waals surface area contributed by atoms with Crippen molar-refractivity contribution in [3.05, 3.63) is 73.3 Å². The van der Waals surface area contributed by atoms with Gasteiger partial charge in [0.05, 0.1) is 42.2 Å². The first-order valence-electron chi connectivity index (χ1n) is 8.10. The number of furan rings is 1. The number of aliphatic carboxylic acids is 1. The molecular formula is C19H16N4O3. The summed E-state index contributed by atoms with van der Waals surface area (Å²) in [6, 6.07) is 12.3. The third-order valence-electron chi connectivity index (χ3n) is 4.19. The summed E-state index contributed by atoms with van der Waals surface area (Å²) in [5, 5.41) is 9.81. The maximum absolute atomic E-state index is 12.0. The third-order valence-corrected chi connectivity index (χ3v) is 4.19. The lowest BCUT2D eigenvalue weighted by Gasteiger charge is -2.16. The Bertz CT molecular complexity index is 989. The predicted molar refractivity (Wildman–Crippen MR) is 94.3 cm³/mol. The quantitative estimate of drug-likeness (QED) is 0.556. The summed E-state index contributed by atoms with van der Waals surface area (Å²) < 4.78 is 6.99. The SMILES string of the molecule is O=C(O)[C@H](Cc1ccco1)n1cnc(-c2ccccc2)c1-c1cnc[nH]1. The molecule has 0 aliphatic carbocycles. The molecule has 0 spiro atoms. The average molecular weight is 348 g/mol. The van der Waals surface area contributed by atoms with Crippen LogP contribution in [0.5, 0.6) is 0 Å². The Morgan fingerprint density at radius 2 is 2.08 bits per heavy atom. The van der Waals surface area contributed by atoms with Crippen molar-refractivity contribution in [1.82, 2.24) is 19.5 Å². The lowest BCUT2D eigenvalue weighted by atomic mass is 10.1. The second-order valence-electron chi connectivity index (χ2n) is 5.82. The van der Waals surface area contributed by atoms with Crippen molar-refractivity contribution >= 4 is 5.97 Å². The molecule has 0 unspecified atom stereocenters. The van der Waals surface area contributed by atoms with Crippen LogP contribution in [-0.2, 0) is 11.2 Å². The van der Waals surface area contributed by atoms with Crippen LogP contribution in [0.4, 0.5) is 0 Å². The lowest BCUT2D eigenvalue weighted by Crippen LogP contribution is -2.21. The van der Waals surface area contributed by atoms with E-state index in [9.17, 15) is 9.90 Å². The van der Waals surface area contributed by atoms with Crippen LogP contribution in [0.2, 0.25) is 0 Å². The number of H-pyrrole nitrogens is 1. The van der Waals surface area contributed by atoms with E-state index < -0.39 is 12.0 Å². The first-order valence-corrected chi connectivity index (χ1v) is 8.10. The van der Waals surface area contributed by atoms with Crippen LogP contribution >= 0.6 is 0 Å². The van der Waals surface area contributed by atoms with Crippen LogP contribution in [0.3, 0.4) is 0 Å². The molecule has 3 heterocycles. The maximum Gasteiger partial charge on any atom is 0.327 e. The van der Waals surface area contributed by atoms with Crippen molar-refractivity contribution in [2.75, 3.05) is 0 Å². The van der Waals surface area contributed by atoms with E-state index in [4.69, 9.17) is 4.42 Å². The number of benzene rings is 1. The molecule has 0 radical (unpaired) electrons. The molecule has 4 aromatic rings. The number of nitrogens with zero attached hydrogens (tertiary/aromatic N) is 3. The number of aromatic amines is 1. The van der Waals surface area contributed by atoms with E-state index in [0.29, 0.717) is 22.8 Å². The van der Waals surface area contributed by atoms with Gasteiger partial charge in [0.15, 0.2) is 0 Å². The van der Waals surface area contributed by atoms with Crippen molar-refractivity contribution < 1.29 is 14.3 Å². The molecule has 0 fully saturated rings. The van der Waals surface area contributed by atoms with Gasteiger partial charge in [-0.2, -0.15) is 0 Å². The van der Waals surface area contributed by atoms with Crippen molar-refractivity contribution in [2.45, 2.75) is 12.5 Å². The molecule has 0 saturated heterocycles. The monoisotopic (exact) mass is 348 g/mol. The zero-order chi connectivity index (χ0) is 17.9. The van der Waals surface area contributed by atoms with Crippen LogP contribution in [0.15, 0.2) is 72.0 Å². The van der Waals surface area contributed by atoms with Gasteiger partial charge in [-0.25, -0.2) is 14.8 Å². The van der Waals surface area contributed by atoms with Gasteiger partial charge in [0.1, 0.15) is 11.8 Å². The second kappa shape index (κ2) is 6.72. The zero-order valence-electron chi connectivity index (χ0n) is 13.7. The first kappa shape index (κ1) is 15.9. The van der Waals surface area contributed by atoms with Gasteiger partial charge in [-0.1, -0.05) is 30.3 Å². The van der Waals surface area contributed by atoms with E-state index in [2.05, 4.69) is 15.0 Å². The third kappa shape index (κ3) is 2.90. The molecule has 0 bridgehead atoms. The molecule has 1 atom stereocenters. The van der Waals surface area contributed by atoms with Gasteiger partial charge in [-0.05, 0) is 12.1 Å². The van der Waals surface area contributed by atoms with E-state index in [1.54, 1.807) is 35.6 Å². The fraction of sp³-hybridized carbons (Fsp3) is 0.105. The van der Waals surface area contributed by atoms with Gasteiger partial charge in [0, 0.05) is 12.0 Å². The summed E-state index contributed by atoms with van der Waals surface area (Å²) >= 11 is 0. The van der Waals surface area contributed by atoms with Gasteiger partial charge in [0.2, 0.25) is 0 Å². The Morgan fingerprint density at radius 1 is 1.23 bits per heavy atom. The summed E-state index contributed by atoms with van der Waals surface area (Å²) in [5.74, 6) is -0.359. The number of carboxylic acid groups (broad SMARTS) is 1. The molecule has 3 aromatic heterocycles. The van der Waals surface area contributed by atoms with E-state index in [1.165, 1.54) is 6.26 Å². The molecule has 7 nitrogen and oxygen atoms in total. The minimum atomic E-state index is -0.959. The van der Waals surface area contributed by atoms with Gasteiger partial charge in [0.25, 0.3) is 0 Å². The molecular weight excluding hydrogens is 332 g/mol. The fourth-order valence-electron chi connectivity index (χ4n) is 2.98. The van der Waals surface area contributed by atoms with Crippen LogP contribution in [0.1, 0.15) is 11.8 Å². The molecule has 0 aliphatic heterocycles.